The Bertz CT molecular complexity index is 839. The van der Waals surface area contributed by atoms with Gasteiger partial charge in [0.15, 0.2) is 5.82 Å². The van der Waals surface area contributed by atoms with E-state index in [-0.39, 0.29) is 6.04 Å². The minimum atomic E-state index is 0.144. The molecule has 1 atom stereocenters. The van der Waals surface area contributed by atoms with E-state index >= 15 is 0 Å². The fraction of sp³-hybridized carbons (Fsp3) is 0.529. The van der Waals surface area contributed by atoms with Crippen molar-refractivity contribution < 1.29 is 9.05 Å². The summed E-state index contributed by atoms with van der Waals surface area (Å²) < 4.78 is 11.0. The highest BCUT2D eigenvalue weighted by Crippen LogP contribution is 2.39. The number of aromatic nitrogens is 4. The van der Waals surface area contributed by atoms with Crippen molar-refractivity contribution >= 4 is 11.3 Å². The molecule has 0 radical (unpaired) electrons. The highest BCUT2D eigenvalue weighted by atomic mass is 32.1. The van der Waals surface area contributed by atoms with Crippen LogP contribution in [0.3, 0.4) is 0 Å². The fourth-order valence-electron chi connectivity index (χ4n) is 3.35. The topological polar surface area (TPSA) is 81.1 Å². The van der Waals surface area contributed by atoms with E-state index in [2.05, 4.69) is 25.2 Å². The van der Waals surface area contributed by atoms with E-state index in [0.29, 0.717) is 24.2 Å². The monoisotopic (exact) mass is 357 g/mol. The van der Waals surface area contributed by atoms with Crippen LogP contribution in [0.5, 0.6) is 0 Å². The number of hydrogen-bond donors (Lipinski definition) is 0. The van der Waals surface area contributed by atoms with Gasteiger partial charge in [-0.2, -0.15) is 9.97 Å². The van der Waals surface area contributed by atoms with Crippen molar-refractivity contribution in [2.24, 2.45) is 0 Å². The molecule has 25 heavy (non-hydrogen) atoms. The maximum atomic E-state index is 5.57. The molecule has 3 aromatic rings. The lowest BCUT2D eigenvalue weighted by Crippen LogP contribution is -2.33. The third-order valence-corrected chi connectivity index (χ3v) is 5.71. The van der Waals surface area contributed by atoms with E-state index in [1.165, 1.54) is 19.3 Å². The van der Waals surface area contributed by atoms with Gasteiger partial charge in [0.1, 0.15) is 0 Å². The molecule has 0 spiro atoms. The normalized spacial score (nSPS) is 21.7. The molecule has 1 saturated heterocycles. The summed E-state index contributed by atoms with van der Waals surface area (Å²) in [5.74, 6) is 3.42. The lowest BCUT2D eigenvalue weighted by molar-refractivity contribution is 0.0986. The summed E-state index contributed by atoms with van der Waals surface area (Å²) in [6, 6.07) is 4.13. The molecule has 3 aromatic heterocycles. The van der Waals surface area contributed by atoms with Gasteiger partial charge in [-0.3, -0.25) is 4.90 Å². The molecule has 7 nitrogen and oxygen atoms in total. The molecule has 2 fully saturated rings. The van der Waals surface area contributed by atoms with Crippen molar-refractivity contribution in [3.8, 4) is 10.7 Å². The third kappa shape index (κ3) is 3.11. The van der Waals surface area contributed by atoms with Crippen molar-refractivity contribution in [2.45, 2.75) is 50.6 Å². The quantitative estimate of drug-likeness (QED) is 0.687. The van der Waals surface area contributed by atoms with E-state index in [1.807, 2.05) is 17.5 Å². The molecule has 1 aliphatic carbocycles. The smallest absolute Gasteiger partial charge is 0.244 e. The second-order valence-corrected chi connectivity index (χ2v) is 7.68. The second-order valence-electron chi connectivity index (χ2n) is 6.74. The lowest BCUT2D eigenvalue weighted by atomic mass is 10.0. The van der Waals surface area contributed by atoms with Gasteiger partial charge in [0.25, 0.3) is 0 Å². The van der Waals surface area contributed by atoms with Crippen LogP contribution in [0, 0.1) is 0 Å². The third-order valence-electron chi connectivity index (χ3n) is 4.85. The van der Waals surface area contributed by atoms with Crippen LogP contribution in [0.2, 0.25) is 0 Å². The first-order valence-corrected chi connectivity index (χ1v) is 9.69. The Morgan fingerprint density at radius 1 is 1.12 bits per heavy atom. The molecule has 1 saturated carbocycles. The van der Waals surface area contributed by atoms with E-state index in [4.69, 9.17) is 9.05 Å². The predicted molar refractivity (Wildman–Crippen MR) is 90.9 cm³/mol. The van der Waals surface area contributed by atoms with Crippen LogP contribution in [0.1, 0.15) is 61.7 Å². The highest BCUT2D eigenvalue weighted by molar-refractivity contribution is 7.13. The number of hydrogen-bond acceptors (Lipinski definition) is 8. The molecule has 0 amide bonds. The van der Waals surface area contributed by atoms with E-state index in [9.17, 15) is 0 Å². The van der Waals surface area contributed by atoms with Crippen LogP contribution >= 0.6 is 11.3 Å². The summed E-state index contributed by atoms with van der Waals surface area (Å²) in [7, 11) is 0. The predicted octanol–water partition coefficient (Wildman–Crippen LogP) is 3.79. The highest BCUT2D eigenvalue weighted by Gasteiger charge is 2.33. The Morgan fingerprint density at radius 2 is 2.08 bits per heavy atom. The Labute approximate surface area is 149 Å². The number of piperidine rings is 1. The van der Waals surface area contributed by atoms with Gasteiger partial charge in [-0.25, -0.2) is 0 Å². The number of nitrogens with zero attached hydrogens (tertiary/aromatic N) is 5. The number of rotatable bonds is 5. The first kappa shape index (κ1) is 15.2. The van der Waals surface area contributed by atoms with Crippen molar-refractivity contribution in [3.05, 3.63) is 35.1 Å². The first-order valence-electron chi connectivity index (χ1n) is 8.81. The fourth-order valence-corrected chi connectivity index (χ4v) is 4.00. The number of thiophene rings is 1. The summed E-state index contributed by atoms with van der Waals surface area (Å²) in [5.41, 5.74) is 0. The van der Waals surface area contributed by atoms with Crippen molar-refractivity contribution in [3.63, 3.8) is 0 Å². The Balaban J connectivity index is 1.33. The largest absolute Gasteiger partial charge is 0.338 e. The molecule has 1 unspecified atom stereocenters. The van der Waals surface area contributed by atoms with Gasteiger partial charge in [-0.05, 0) is 43.7 Å². The van der Waals surface area contributed by atoms with Crippen LogP contribution in [0.25, 0.3) is 10.7 Å². The molecule has 0 bridgehead atoms. The van der Waals surface area contributed by atoms with Crippen molar-refractivity contribution in [1.82, 2.24) is 25.2 Å². The Morgan fingerprint density at radius 3 is 2.92 bits per heavy atom. The zero-order chi connectivity index (χ0) is 16.6. The average molecular weight is 357 g/mol. The number of likely N-dealkylation sites (tertiary alicyclic amines) is 1. The van der Waals surface area contributed by atoms with Gasteiger partial charge in [0.2, 0.25) is 17.6 Å². The van der Waals surface area contributed by atoms with Crippen molar-refractivity contribution in [2.75, 3.05) is 6.54 Å². The minimum absolute atomic E-state index is 0.144. The second kappa shape index (κ2) is 6.34. The van der Waals surface area contributed by atoms with Gasteiger partial charge in [0, 0.05) is 5.92 Å². The van der Waals surface area contributed by atoms with E-state index in [1.54, 1.807) is 11.3 Å². The summed E-state index contributed by atoms with van der Waals surface area (Å²) in [6.07, 6.45) is 5.72. The molecule has 1 aliphatic heterocycles. The van der Waals surface area contributed by atoms with E-state index in [0.717, 1.165) is 36.0 Å². The minimum Gasteiger partial charge on any atom is -0.338 e. The zero-order valence-corrected chi connectivity index (χ0v) is 14.6. The molecule has 4 heterocycles. The van der Waals surface area contributed by atoms with Crippen LogP contribution in [0.15, 0.2) is 26.6 Å². The van der Waals surface area contributed by atoms with Crippen LogP contribution in [0.4, 0.5) is 0 Å². The summed E-state index contributed by atoms with van der Waals surface area (Å²) in [4.78, 5) is 12.5. The summed E-state index contributed by atoms with van der Waals surface area (Å²) >= 11 is 1.61. The molecular formula is C17H19N5O2S. The summed E-state index contributed by atoms with van der Waals surface area (Å²) in [5, 5.41) is 10.3. The molecule has 130 valence electrons. The van der Waals surface area contributed by atoms with E-state index < -0.39 is 0 Å². The average Bonchev–Trinajstić information content (AvgIpc) is 3.08. The molecule has 5 rings (SSSR count). The maximum Gasteiger partial charge on any atom is 0.244 e. The van der Waals surface area contributed by atoms with Gasteiger partial charge >= 0.3 is 0 Å². The lowest BCUT2D eigenvalue weighted by Gasteiger charge is -2.31. The Kier molecular flexibility index (Phi) is 3.86. The molecular weight excluding hydrogens is 338 g/mol. The Hall–Kier alpha value is -2.06. The molecule has 0 aromatic carbocycles. The van der Waals surface area contributed by atoms with Crippen LogP contribution < -0.4 is 0 Å². The van der Waals surface area contributed by atoms with Gasteiger partial charge in [-0.1, -0.05) is 22.8 Å². The van der Waals surface area contributed by atoms with Gasteiger partial charge in [-0.15, -0.1) is 11.3 Å². The zero-order valence-electron chi connectivity index (χ0n) is 13.8. The van der Waals surface area contributed by atoms with Crippen molar-refractivity contribution in [1.29, 1.82) is 0 Å². The maximum absolute atomic E-state index is 5.57. The van der Waals surface area contributed by atoms with Gasteiger partial charge in [0.05, 0.1) is 17.5 Å². The molecule has 8 heteroatoms. The first-order chi connectivity index (χ1) is 12.4. The molecule has 2 aliphatic rings. The molecule has 0 N–H and O–H groups in total. The van der Waals surface area contributed by atoms with Crippen LogP contribution in [-0.4, -0.2) is 31.7 Å². The standard InChI is InChI=1S/C17H19N5O2S/c1-2-8-22(10-14-18-16(21-23-14)13-5-3-9-25-13)12(4-1)17-19-15(20-24-17)11-6-7-11/h3,5,9,11-12H,1-2,4,6-8,10H2. The van der Waals surface area contributed by atoms with Gasteiger partial charge < -0.3 is 9.05 Å². The summed E-state index contributed by atoms with van der Waals surface area (Å²) in [6.45, 7) is 1.59. The van der Waals surface area contributed by atoms with Crippen LogP contribution in [-0.2, 0) is 6.54 Å². The SMILES string of the molecule is c1csc(-c2noc(CN3CCCCC3c3nc(C4CC4)no3)n2)c1.